The maximum absolute atomic E-state index is 11.7. The van der Waals surface area contributed by atoms with Gasteiger partial charge in [-0.3, -0.25) is 4.79 Å². The van der Waals surface area contributed by atoms with Gasteiger partial charge < -0.3 is 10.1 Å². The van der Waals surface area contributed by atoms with Crippen molar-refractivity contribution in [2.45, 2.75) is 32.0 Å². The smallest absolute Gasteiger partial charge is 0.323 e. The molecule has 0 saturated heterocycles. The fourth-order valence-corrected chi connectivity index (χ4v) is 2.14. The summed E-state index contributed by atoms with van der Waals surface area (Å²) in [5, 5.41) is 3.77. The van der Waals surface area contributed by atoms with E-state index in [-0.39, 0.29) is 12.0 Å². The Balaban J connectivity index is 2.51. The van der Waals surface area contributed by atoms with E-state index in [1.807, 2.05) is 13.8 Å². The number of hydrogen-bond donors (Lipinski definition) is 1. The molecule has 5 nitrogen and oxygen atoms in total. The Kier molecular flexibility index (Phi) is 6.67. The number of aromatic nitrogens is 2. The number of carbonyl (C=O) groups is 1. The third-order valence-corrected chi connectivity index (χ3v) is 3.13. The molecule has 0 bridgehead atoms. The quantitative estimate of drug-likeness (QED) is 0.459. The van der Waals surface area contributed by atoms with Crippen LogP contribution in [-0.4, -0.2) is 40.9 Å². The van der Waals surface area contributed by atoms with Crippen LogP contribution in [-0.2, 0) is 9.53 Å². The summed E-state index contributed by atoms with van der Waals surface area (Å²) in [6.07, 6.45) is 3.53. The first-order valence-electron chi connectivity index (χ1n) is 5.98. The summed E-state index contributed by atoms with van der Waals surface area (Å²) in [6.45, 7) is 6.82. The summed E-state index contributed by atoms with van der Waals surface area (Å²) in [5.74, 6) is 0.342. The lowest BCUT2D eigenvalue weighted by atomic mass is 10.3. The topological polar surface area (TPSA) is 64.1 Å². The van der Waals surface area contributed by atoms with E-state index in [0.717, 1.165) is 12.1 Å². The van der Waals surface area contributed by atoms with Crippen LogP contribution in [0.25, 0.3) is 0 Å². The van der Waals surface area contributed by atoms with Crippen molar-refractivity contribution in [3.8, 4) is 0 Å². The second-order valence-electron chi connectivity index (χ2n) is 3.72. The van der Waals surface area contributed by atoms with Crippen molar-refractivity contribution >= 4 is 17.7 Å². The van der Waals surface area contributed by atoms with Crippen LogP contribution in [0.4, 0.5) is 0 Å². The van der Waals surface area contributed by atoms with Gasteiger partial charge in [0.15, 0.2) is 5.16 Å². The SMILES string of the molecule is CCNC(CSc1ncc(C)cn1)C(=O)OCC. The summed E-state index contributed by atoms with van der Waals surface area (Å²) in [6, 6.07) is -0.315. The zero-order valence-corrected chi connectivity index (χ0v) is 11.8. The van der Waals surface area contributed by atoms with Crippen molar-refractivity contribution in [1.29, 1.82) is 0 Å². The highest BCUT2D eigenvalue weighted by Crippen LogP contribution is 2.13. The fraction of sp³-hybridized carbons (Fsp3) is 0.583. The summed E-state index contributed by atoms with van der Waals surface area (Å²) in [4.78, 5) is 20.0. The number of esters is 1. The van der Waals surface area contributed by atoms with Gasteiger partial charge in [0.25, 0.3) is 0 Å². The van der Waals surface area contributed by atoms with Crippen LogP contribution in [0.15, 0.2) is 17.6 Å². The van der Waals surface area contributed by atoms with Crippen LogP contribution in [0, 0.1) is 6.92 Å². The van der Waals surface area contributed by atoms with Crippen LogP contribution >= 0.6 is 11.8 Å². The van der Waals surface area contributed by atoms with Crippen LogP contribution in [0.1, 0.15) is 19.4 Å². The minimum Gasteiger partial charge on any atom is -0.465 e. The highest BCUT2D eigenvalue weighted by molar-refractivity contribution is 7.99. The number of nitrogens with one attached hydrogen (secondary N) is 1. The Morgan fingerprint density at radius 1 is 1.44 bits per heavy atom. The molecule has 1 aromatic heterocycles. The van der Waals surface area contributed by atoms with Crippen molar-refractivity contribution < 1.29 is 9.53 Å². The zero-order valence-electron chi connectivity index (χ0n) is 11.0. The lowest BCUT2D eigenvalue weighted by Gasteiger charge is -2.15. The lowest BCUT2D eigenvalue weighted by molar-refractivity contribution is -0.144. The summed E-state index contributed by atoms with van der Waals surface area (Å²) in [5.41, 5.74) is 1.02. The zero-order chi connectivity index (χ0) is 13.4. The van der Waals surface area contributed by atoms with Crippen LogP contribution in [0.5, 0.6) is 0 Å². The van der Waals surface area contributed by atoms with E-state index < -0.39 is 0 Å². The lowest BCUT2D eigenvalue weighted by Crippen LogP contribution is -2.40. The third kappa shape index (κ3) is 5.01. The molecule has 1 N–H and O–H groups in total. The van der Waals surface area contributed by atoms with Gasteiger partial charge in [0.05, 0.1) is 6.61 Å². The molecule has 100 valence electrons. The molecule has 18 heavy (non-hydrogen) atoms. The Labute approximate surface area is 112 Å². The second-order valence-corrected chi connectivity index (χ2v) is 4.70. The maximum Gasteiger partial charge on any atom is 0.323 e. The number of nitrogens with zero attached hydrogens (tertiary/aromatic N) is 2. The number of hydrogen-bond acceptors (Lipinski definition) is 6. The molecule has 1 unspecified atom stereocenters. The first-order valence-corrected chi connectivity index (χ1v) is 6.97. The molecule has 0 fully saturated rings. The molecule has 1 aromatic rings. The van der Waals surface area contributed by atoms with E-state index in [2.05, 4.69) is 15.3 Å². The third-order valence-electron chi connectivity index (χ3n) is 2.16. The summed E-state index contributed by atoms with van der Waals surface area (Å²) >= 11 is 1.45. The van der Waals surface area contributed by atoms with E-state index in [1.54, 1.807) is 19.3 Å². The average Bonchev–Trinajstić information content (AvgIpc) is 2.36. The monoisotopic (exact) mass is 269 g/mol. The van der Waals surface area contributed by atoms with Crippen molar-refractivity contribution in [3.05, 3.63) is 18.0 Å². The molecular formula is C12H19N3O2S. The van der Waals surface area contributed by atoms with Gasteiger partial charge in [-0.1, -0.05) is 18.7 Å². The van der Waals surface area contributed by atoms with Crippen molar-refractivity contribution in [3.63, 3.8) is 0 Å². The highest BCUT2D eigenvalue weighted by Gasteiger charge is 2.19. The van der Waals surface area contributed by atoms with Gasteiger partial charge in [0, 0.05) is 18.1 Å². The predicted octanol–water partition coefficient (Wildman–Crippen LogP) is 1.42. The van der Waals surface area contributed by atoms with Crippen molar-refractivity contribution in [1.82, 2.24) is 15.3 Å². The molecule has 0 aliphatic rings. The van der Waals surface area contributed by atoms with Crippen LogP contribution in [0.3, 0.4) is 0 Å². The van der Waals surface area contributed by atoms with E-state index in [1.165, 1.54) is 11.8 Å². The molecule has 0 saturated carbocycles. The highest BCUT2D eigenvalue weighted by atomic mass is 32.2. The number of likely N-dealkylation sites (N-methyl/N-ethyl adjacent to an activating group) is 1. The Morgan fingerprint density at radius 3 is 2.67 bits per heavy atom. The molecule has 0 aliphatic heterocycles. The number of carbonyl (C=O) groups excluding carboxylic acids is 1. The molecule has 0 amide bonds. The number of thioether (sulfide) groups is 1. The van der Waals surface area contributed by atoms with Crippen LogP contribution in [0.2, 0.25) is 0 Å². The molecule has 0 radical (unpaired) electrons. The number of rotatable bonds is 7. The first kappa shape index (κ1) is 14.9. The molecule has 6 heteroatoms. The van der Waals surface area contributed by atoms with E-state index in [9.17, 15) is 4.79 Å². The van der Waals surface area contributed by atoms with Gasteiger partial charge in [-0.15, -0.1) is 0 Å². The predicted molar refractivity (Wildman–Crippen MR) is 71.6 cm³/mol. The molecule has 0 aromatic carbocycles. The Morgan fingerprint density at radius 2 is 2.11 bits per heavy atom. The van der Waals surface area contributed by atoms with Crippen LogP contribution < -0.4 is 5.32 Å². The fourth-order valence-electron chi connectivity index (χ4n) is 1.31. The molecule has 1 heterocycles. The summed E-state index contributed by atoms with van der Waals surface area (Å²) < 4.78 is 5.01. The van der Waals surface area contributed by atoms with E-state index in [4.69, 9.17) is 4.74 Å². The first-order chi connectivity index (χ1) is 8.67. The van der Waals surface area contributed by atoms with Crippen molar-refractivity contribution in [2.75, 3.05) is 18.9 Å². The standard InChI is InChI=1S/C12H19N3O2S/c1-4-13-10(11(16)17-5-2)8-18-12-14-6-9(3)7-15-12/h6-7,10,13H,4-5,8H2,1-3H3. The van der Waals surface area contributed by atoms with Gasteiger partial charge in [0.1, 0.15) is 6.04 Å². The van der Waals surface area contributed by atoms with E-state index in [0.29, 0.717) is 17.5 Å². The number of aryl methyl sites for hydroxylation is 1. The normalized spacial score (nSPS) is 12.2. The van der Waals surface area contributed by atoms with E-state index >= 15 is 0 Å². The van der Waals surface area contributed by atoms with Crippen molar-refractivity contribution in [2.24, 2.45) is 0 Å². The van der Waals surface area contributed by atoms with Gasteiger partial charge in [-0.2, -0.15) is 0 Å². The molecule has 1 rings (SSSR count). The molecule has 0 aliphatic carbocycles. The Hall–Kier alpha value is -1.14. The average molecular weight is 269 g/mol. The molecule has 0 spiro atoms. The molecule has 1 atom stereocenters. The second kappa shape index (κ2) is 8.05. The molecular weight excluding hydrogens is 250 g/mol. The van der Waals surface area contributed by atoms with Gasteiger partial charge >= 0.3 is 5.97 Å². The van der Waals surface area contributed by atoms with Gasteiger partial charge in [-0.05, 0) is 26.0 Å². The van der Waals surface area contributed by atoms with Gasteiger partial charge in [-0.25, -0.2) is 9.97 Å². The minimum atomic E-state index is -0.315. The van der Waals surface area contributed by atoms with Gasteiger partial charge in [0.2, 0.25) is 0 Å². The number of ether oxygens (including phenoxy) is 1. The largest absolute Gasteiger partial charge is 0.465 e. The minimum absolute atomic E-state index is 0.223. The summed E-state index contributed by atoms with van der Waals surface area (Å²) in [7, 11) is 0. The maximum atomic E-state index is 11.7. The Bertz CT molecular complexity index is 370.